The number of nitrogens with zero attached hydrogens (tertiary/aromatic N) is 1. The number of nitrogens with one attached hydrogen (secondary N) is 2. The van der Waals surface area contributed by atoms with E-state index in [0.29, 0.717) is 11.3 Å². The third kappa shape index (κ3) is 7.79. The summed E-state index contributed by atoms with van der Waals surface area (Å²) in [5.74, 6) is -2.91. The van der Waals surface area contributed by atoms with Crippen molar-refractivity contribution in [1.29, 1.82) is 0 Å². The summed E-state index contributed by atoms with van der Waals surface area (Å²) in [6.45, 7) is 4.85. The van der Waals surface area contributed by atoms with Gasteiger partial charge >= 0.3 is 12.1 Å². The Labute approximate surface area is 225 Å². The molecule has 3 aromatic carbocycles. The number of halogens is 3. The number of carboxylic acid groups (broad SMARTS) is 1. The van der Waals surface area contributed by atoms with Gasteiger partial charge in [0.25, 0.3) is 5.91 Å². The summed E-state index contributed by atoms with van der Waals surface area (Å²) >= 11 is 0. The van der Waals surface area contributed by atoms with Crippen molar-refractivity contribution in [3.63, 3.8) is 0 Å². The number of piperidine rings is 1. The van der Waals surface area contributed by atoms with Crippen LogP contribution in [0.2, 0.25) is 0 Å². The van der Waals surface area contributed by atoms with Crippen molar-refractivity contribution in [2.75, 3.05) is 18.9 Å². The molecule has 2 atom stereocenters. The highest BCUT2D eigenvalue weighted by Crippen LogP contribution is 2.25. The van der Waals surface area contributed by atoms with Gasteiger partial charge < -0.3 is 15.7 Å². The Morgan fingerprint density at radius 1 is 1.03 bits per heavy atom. The molecule has 0 spiro atoms. The van der Waals surface area contributed by atoms with Crippen LogP contribution in [0.1, 0.15) is 53.7 Å². The van der Waals surface area contributed by atoms with E-state index in [9.17, 15) is 22.8 Å². The largest absolute Gasteiger partial charge is 0.490 e. The molecule has 3 N–H and O–H groups in total. The number of aliphatic carboxylic acids is 1. The highest BCUT2D eigenvalue weighted by atomic mass is 19.4. The van der Waals surface area contributed by atoms with Gasteiger partial charge in [0.1, 0.15) is 0 Å². The van der Waals surface area contributed by atoms with E-state index < -0.39 is 12.1 Å². The molecule has 208 valence electrons. The van der Waals surface area contributed by atoms with Gasteiger partial charge in [0.05, 0.1) is 12.1 Å². The van der Waals surface area contributed by atoms with Gasteiger partial charge in [-0.3, -0.25) is 14.5 Å². The van der Waals surface area contributed by atoms with Crippen LogP contribution in [0.3, 0.4) is 0 Å². The van der Waals surface area contributed by atoms with Crippen LogP contribution < -0.4 is 10.6 Å². The summed E-state index contributed by atoms with van der Waals surface area (Å²) in [7, 11) is 1.99. The number of carboxylic acids is 1. The number of carbonyl (C=O) groups is 3. The molecule has 0 radical (unpaired) electrons. The average molecular weight is 544 g/mol. The Kier molecular flexibility index (Phi) is 9.69. The molecule has 10 heteroatoms. The number of amides is 2. The molecule has 1 aliphatic heterocycles. The van der Waals surface area contributed by atoms with Crippen molar-refractivity contribution in [2.45, 2.75) is 51.4 Å². The highest BCUT2D eigenvalue weighted by Gasteiger charge is 2.38. The molecular formula is C29H32F3N3O4. The van der Waals surface area contributed by atoms with Crippen LogP contribution in [0.4, 0.5) is 18.9 Å². The number of anilines is 1. The fraction of sp³-hybridized carbons (Fsp3) is 0.345. The number of aryl methyl sites for hydroxylation is 1. The van der Waals surface area contributed by atoms with Crippen molar-refractivity contribution >= 4 is 34.2 Å². The molecule has 0 saturated carbocycles. The number of rotatable bonds is 5. The number of carbonyl (C=O) groups excluding carboxylic acids is 2. The number of benzene rings is 3. The van der Waals surface area contributed by atoms with E-state index in [0.717, 1.165) is 47.7 Å². The zero-order chi connectivity index (χ0) is 28.7. The number of likely N-dealkylation sites (N-methyl/N-ethyl adjacent to an activating group) is 1. The Morgan fingerprint density at radius 3 is 2.36 bits per heavy atom. The molecule has 0 aliphatic carbocycles. The van der Waals surface area contributed by atoms with Crippen molar-refractivity contribution in [3.05, 3.63) is 77.4 Å². The summed E-state index contributed by atoms with van der Waals surface area (Å²) in [4.78, 5) is 36.9. The third-order valence-electron chi connectivity index (χ3n) is 6.70. The summed E-state index contributed by atoms with van der Waals surface area (Å²) in [5.41, 5.74) is 3.19. The average Bonchev–Trinajstić information content (AvgIpc) is 2.89. The maximum absolute atomic E-state index is 13.1. The minimum atomic E-state index is -5.08. The monoisotopic (exact) mass is 543 g/mol. The molecule has 39 heavy (non-hydrogen) atoms. The van der Waals surface area contributed by atoms with E-state index in [1.54, 1.807) is 6.07 Å². The van der Waals surface area contributed by atoms with Crippen molar-refractivity contribution in [1.82, 2.24) is 10.2 Å². The van der Waals surface area contributed by atoms with Gasteiger partial charge in [-0.25, -0.2) is 4.79 Å². The predicted molar refractivity (Wildman–Crippen MR) is 144 cm³/mol. The number of likely N-dealkylation sites (tertiary alicyclic amines) is 1. The smallest absolute Gasteiger partial charge is 0.475 e. The SMILES string of the molecule is Cc1ccc(NC(=O)[C@H]2CCCCN2C)cc1C(=O)N[C@H](C)c1cccc2ccccc12.O=C(O)C(F)(F)F. The third-order valence-corrected chi connectivity index (χ3v) is 6.70. The maximum atomic E-state index is 13.1. The summed E-state index contributed by atoms with van der Waals surface area (Å²) in [6.07, 6.45) is -2.02. The zero-order valence-electron chi connectivity index (χ0n) is 22.0. The van der Waals surface area contributed by atoms with E-state index in [1.165, 1.54) is 0 Å². The van der Waals surface area contributed by atoms with Crippen LogP contribution in [0.15, 0.2) is 60.7 Å². The van der Waals surface area contributed by atoms with E-state index in [2.05, 4.69) is 39.8 Å². The zero-order valence-corrected chi connectivity index (χ0v) is 22.0. The Morgan fingerprint density at radius 2 is 1.69 bits per heavy atom. The lowest BCUT2D eigenvalue weighted by Gasteiger charge is -2.31. The molecule has 7 nitrogen and oxygen atoms in total. The Bertz CT molecular complexity index is 1340. The lowest BCUT2D eigenvalue weighted by Crippen LogP contribution is -2.44. The second-order valence-corrected chi connectivity index (χ2v) is 9.58. The van der Waals surface area contributed by atoms with E-state index in [1.807, 2.05) is 51.2 Å². The first-order valence-corrected chi connectivity index (χ1v) is 12.6. The van der Waals surface area contributed by atoms with Crippen LogP contribution in [0.25, 0.3) is 10.8 Å². The lowest BCUT2D eigenvalue weighted by molar-refractivity contribution is -0.192. The van der Waals surface area contributed by atoms with Gasteiger partial charge in [-0.2, -0.15) is 13.2 Å². The van der Waals surface area contributed by atoms with Crippen molar-refractivity contribution < 1.29 is 32.7 Å². The minimum absolute atomic E-state index is 0.00784. The quantitative estimate of drug-likeness (QED) is 0.384. The van der Waals surface area contributed by atoms with Gasteiger partial charge in [-0.05, 0) is 74.3 Å². The van der Waals surface area contributed by atoms with Crippen LogP contribution in [-0.2, 0) is 9.59 Å². The number of hydrogen-bond donors (Lipinski definition) is 3. The maximum Gasteiger partial charge on any atom is 0.490 e. The van der Waals surface area contributed by atoms with Crippen molar-refractivity contribution in [3.8, 4) is 0 Å². The second-order valence-electron chi connectivity index (χ2n) is 9.58. The molecule has 1 fully saturated rings. The van der Waals surface area contributed by atoms with Gasteiger partial charge in [0.15, 0.2) is 0 Å². The standard InChI is InChI=1S/C27H31N3O2.C2HF3O2/c1-18-14-15-21(29-27(32)25-13-6-7-16-30(25)3)17-24(18)26(31)28-19(2)22-12-8-10-20-9-4-5-11-23(20)22;3-2(4,5)1(6)7/h4-5,8-12,14-15,17,19,25H,6-7,13,16H2,1-3H3,(H,28,31)(H,29,32);(H,6,7)/t19-,25-;/m1./s1. The topological polar surface area (TPSA) is 98.7 Å². The van der Waals surface area contributed by atoms with Crippen LogP contribution in [-0.4, -0.2) is 53.6 Å². The Balaban J connectivity index is 0.000000532. The summed E-state index contributed by atoms with van der Waals surface area (Å²) < 4.78 is 31.7. The van der Waals surface area contributed by atoms with Crippen LogP contribution in [0, 0.1) is 6.92 Å². The first kappa shape index (κ1) is 29.6. The first-order chi connectivity index (χ1) is 18.4. The van der Waals surface area contributed by atoms with Gasteiger partial charge in [-0.1, -0.05) is 55.0 Å². The highest BCUT2D eigenvalue weighted by molar-refractivity contribution is 6.00. The lowest BCUT2D eigenvalue weighted by atomic mass is 9.99. The fourth-order valence-electron chi connectivity index (χ4n) is 4.56. The number of fused-ring (bicyclic) bond motifs is 1. The summed E-state index contributed by atoms with van der Waals surface area (Å²) in [6, 6.07) is 19.6. The summed E-state index contributed by atoms with van der Waals surface area (Å²) in [5, 5.41) is 15.6. The van der Waals surface area contributed by atoms with E-state index in [-0.39, 0.29) is 23.9 Å². The normalized spacial score (nSPS) is 16.5. The van der Waals surface area contributed by atoms with Crippen LogP contribution in [0.5, 0.6) is 0 Å². The number of alkyl halides is 3. The molecule has 0 bridgehead atoms. The second kappa shape index (κ2) is 12.8. The van der Waals surface area contributed by atoms with Gasteiger partial charge in [0.2, 0.25) is 5.91 Å². The molecule has 1 heterocycles. The molecule has 0 aromatic heterocycles. The van der Waals surface area contributed by atoms with Gasteiger partial charge in [0, 0.05) is 11.3 Å². The number of hydrogen-bond acceptors (Lipinski definition) is 4. The Hall–Kier alpha value is -3.92. The molecule has 2 amide bonds. The van der Waals surface area contributed by atoms with Crippen LogP contribution >= 0.6 is 0 Å². The fourth-order valence-corrected chi connectivity index (χ4v) is 4.56. The van der Waals surface area contributed by atoms with Crippen molar-refractivity contribution in [2.24, 2.45) is 0 Å². The predicted octanol–water partition coefficient (Wildman–Crippen LogP) is 5.70. The molecule has 0 unspecified atom stereocenters. The molecule has 1 aliphatic rings. The minimum Gasteiger partial charge on any atom is -0.475 e. The van der Waals surface area contributed by atoms with E-state index >= 15 is 0 Å². The van der Waals surface area contributed by atoms with E-state index in [4.69, 9.17) is 9.90 Å². The molecule has 4 rings (SSSR count). The first-order valence-electron chi connectivity index (χ1n) is 12.6. The molecule has 3 aromatic rings. The molecular weight excluding hydrogens is 511 g/mol. The molecule has 1 saturated heterocycles. The van der Waals surface area contributed by atoms with Gasteiger partial charge in [-0.15, -0.1) is 0 Å².